The summed E-state index contributed by atoms with van der Waals surface area (Å²) < 4.78 is 19.2. The van der Waals surface area contributed by atoms with E-state index in [2.05, 4.69) is 4.90 Å². The zero-order valence-electron chi connectivity index (χ0n) is 15.2. The average molecular weight is 365 g/mol. The number of rotatable bonds is 9. The normalized spacial score (nSPS) is 12.1. The Morgan fingerprint density at radius 3 is 2.15 bits per heavy atom. The average Bonchev–Trinajstić information content (AvgIpc) is 2.68. The van der Waals surface area contributed by atoms with E-state index in [0.29, 0.717) is 19.6 Å². The second-order valence-corrected chi connectivity index (χ2v) is 6.56. The van der Waals surface area contributed by atoms with Crippen LogP contribution in [0.5, 0.6) is 5.75 Å². The number of ether oxygens (including phenoxy) is 1. The van der Waals surface area contributed by atoms with Gasteiger partial charge < -0.3 is 9.84 Å². The molecule has 0 aromatic heterocycles. The van der Waals surface area contributed by atoms with E-state index >= 15 is 0 Å². The lowest BCUT2D eigenvalue weighted by Gasteiger charge is -2.25. The van der Waals surface area contributed by atoms with Crippen LogP contribution in [0.25, 0.3) is 0 Å². The predicted molar refractivity (Wildman–Crippen MR) is 105 cm³/mol. The Morgan fingerprint density at radius 1 is 0.815 bits per heavy atom. The zero-order chi connectivity index (χ0) is 18.9. The lowest BCUT2D eigenvalue weighted by Crippen LogP contribution is -2.35. The summed E-state index contributed by atoms with van der Waals surface area (Å²) in [6.07, 6.45) is -0.650. The maximum Gasteiger partial charge on any atom is 0.123 e. The van der Waals surface area contributed by atoms with Crippen molar-refractivity contribution in [2.45, 2.75) is 19.2 Å². The Hall–Kier alpha value is -2.69. The molecule has 0 unspecified atom stereocenters. The Balaban J connectivity index is 1.63. The Bertz CT molecular complexity index is 811. The molecule has 0 saturated heterocycles. The van der Waals surface area contributed by atoms with Crippen molar-refractivity contribution in [2.75, 3.05) is 13.2 Å². The number of hydrogen-bond donors (Lipinski definition) is 1. The van der Waals surface area contributed by atoms with Gasteiger partial charge >= 0.3 is 0 Å². The van der Waals surface area contributed by atoms with Crippen molar-refractivity contribution < 1.29 is 14.2 Å². The van der Waals surface area contributed by atoms with E-state index in [1.807, 2.05) is 66.7 Å². The van der Waals surface area contributed by atoms with Crippen LogP contribution in [-0.2, 0) is 13.1 Å². The van der Waals surface area contributed by atoms with Crippen LogP contribution in [0.15, 0.2) is 84.9 Å². The highest BCUT2D eigenvalue weighted by molar-refractivity contribution is 5.21. The Kier molecular flexibility index (Phi) is 6.97. The van der Waals surface area contributed by atoms with Gasteiger partial charge in [-0.3, -0.25) is 4.90 Å². The molecule has 0 fully saturated rings. The van der Waals surface area contributed by atoms with Gasteiger partial charge in [0.25, 0.3) is 0 Å². The molecule has 0 amide bonds. The summed E-state index contributed by atoms with van der Waals surface area (Å²) in [6.45, 7) is 1.85. The highest BCUT2D eigenvalue weighted by Crippen LogP contribution is 2.13. The second-order valence-electron chi connectivity index (χ2n) is 6.56. The van der Waals surface area contributed by atoms with Crippen molar-refractivity contribution in [3.63, 3.8) is 0 Å². The van der Waals surface area contributed by atoms with Gasteiger partial charge in [0.15, 0.2) is 0 Å². The molecular weight excluding hydrogens is 341 g/mol. The molecular formula is C23H24FNO2. The van der Waals surface area contributed by atoms with Gasteiger partial charge in [-0.25, -0.2) is 4.39 Å². The Labute approximate surface area is 159 Å². The van der Waals surface area contributed by atoms with Gasteiger partial charge in [0.1, 0.15) is 24.3 Å². The van der Waals surface area contributed by atoms with Crippen molar-refractivity contribution in [1.82, 2.24) is 4.90 Å². The first kappa shape index (κ1) is 19.1. The number of para-hydroxylation sites is 1. The minimum atomic E-state index is -0.650. The minimum absolute atomic E-state index is 0.207. The monoisotopic (exact) mass is 365 g/mol. The molecule has 0 heterocycles. The molecule has 27 heavy (non-hydrogen) atoms. The standard InChI is InChI=1S/C23H24FNO2/c24-21-11-7-10-20(14-21)16-25(15-19-8-3-1-4-9-19)17-22(26)18-27-23-12-5-2-6-13-23/h1-14,22,26H,15-18H2/t22-/m0/s1. The van der Waals surface area contributed by atoms with E-state index in [4.69, 9.17) is 4.74 Å². The molecule has 3 aromatic rings. The number of benzene rings is 3. The van der Waals surface area contributed by atoms with Crippen molar-refractivity contribution in [2.24, 2.45) is 0 Å². The summed E-state index contributed by atoms with van der Waals surface area (Å²) in [5.41, 5.74) is 2.02. The van der Waals surface area contributed by atoms with Crippen LogP contribution in [0.1, 0.15) is 11.1 Å². The Morgan fingerprint density at radius 2 is 1.44 bits per heavy atom. The number of nitrogens with zero attached hydrogens (tertiary/aromatic N) is 1. The molecule has 0 aliphatic carbocycles. The van der Waals surface area contributed by atoms with Crippen molar-refractivity contribution >= 4 is 0 Å². The largest absolute Gasteiger partial charge is 0.491 e. The molecule has 0 aliphatic rings. The summed E-state index contributed by atoms with van der Waals surface area (Å²) in [6, 6.07) is 26.1. The third-order valence-electron chi connectivity index (χ3n) is 4.20. The molecule has 0 radical (unpaired) electrons. The SMILES string of the molecule is O[C@H](COc1ccccc1)CN(Cc1ccccc1)Cc1cccc(F)c1. The van der Waals surface area contributed by atoms with Gasteiger partial charge in [-0.15, -0.1) is 0 Å². The van der Waals surface area contributed by atoms with Crippen LogP contribution < -0.4 is 4.74 Å². The maximum atomic E-state index is 13.5. The third-order valence-corrected chi connectivity index (χ3v) is 4.20. The minimum Gasteiger partial charge on any atom is -0.491 e. The summed E-state index contributed by atoms with van der Waals surface area (Å²) in [7, 11) is 0. The van der Waals surface area contributed by atoms with Crippen LogP contribution >= 0.6 is 0 Å². The van der Waals surface area contributed by atoms with E-state index in [1.165, 1.54) is 12.1 Å². The number of aliphatic hydroxyl groups excluding tert-OH is 1. The summed E-state index contributed by atoms with van der Waals surface area (Å²) in [5, 5.41) is 10.5. The van der Waals surface area contributed by atoms with Gasteiger partial charge in [0, 0.05) is 19.6 Å². The van der Waals surface area contributed by atoms with Gasteiger partial charge in [-0.1, -0.05) is 60.7 Å². The van der Waals surface area contributed by atoms with E-state index in [1.54, 1.807) is 6.07 Å². The van der Waals surface area contributed by atoms with Gasteiger partial charge in [-0.2, -0.15) is 0 Å². The second kappa shape index (κ2) is 9.86. The van der Waals surface area contributed by atoms with Crippen LogP contribution in [0, 0.1) is 5.82 Å². The maximum absolute atomic E-state index is 13.5. The van der Waals surface area contributed by atoms with E-state index in [-0.39, 0.29) is 12.4 Å². The van der Waals surface area contributed by atoms with Gasteiger partial charge in [-0.05, 0) is 35.4 Å². The first-order valence-electron chi connectivity index (χ1n) is 9.06. The summed E-state index contributed by atoms with van der Waals surface area (Å²) in [5.74, 6) is 0.483. The molecule has 1 N–H and O–H groups in total. The molecule has 0 bridgehead atoms. The van der Waals surface area contributed by atoms with Gasteiger partial charge in [0.05, 0.1) is 0 Å². The smallest absolute Gasteiger partial charge is 0.123 e. The number of hydrogen-bond acceptors (Lipinski definition) is 3. The third kappa shape index (κ3) is 6.51. The molecule has 0 aliphatic heterocycles. The van der Waals surface area contributed by atoms with E-state index in [9.17, 15) is 9.50 Å². The lowest BCUT2D eigenvalue weighted by molar-refractivity contribution is 0.0628. The molecule has 0 saturated carbocycles. The topological polar surface area (TPSA) is 32.7 Å². The first-order chi connectivity index (χ1) is 13.2. The summed E-state index contributed by atoms with van der Waals surface area (Å²) >= 11 is 0. The highest BCUT2D eigenvalue weighted by atomic mass is 19.1. The molecule has 3 nitrogen and oxygen atoms in total. The molecule has 1 atom stereocenters. The quantitative estimate of drug-likeness (QED) is 0.615. The summed E-state index contributed by atoms with van der Waals surface area (Å²) in [4.78, 5) is 2.10. The fourth-order valence-electron chi connectivity index (χ4n) is 2.98. The van der Waals surface area contributed by atoms with E-state index < -0.39 is 6.10 Å². The number of halogens is 1. The van der Waals surface area contributed by atoms with Crippen LogP contribution in [0.4, 0.5) is 4.39 Å². The fraction of sp³-hybridized carbons (Fsp3) is 0.217. The molecule has 4 heteroatoms. The van der Waals surface area contributed by atoms with Crippen LogP contribution in [-0.4, -0.2) is 29.3 Å². The lowest BCUT2D eigenvalue weighted by atomic mass is 10.1. The van der Waals surface area contributed by atoms with Crippen molar-refractivity contribution in [3.8, 4) is 5.75 Å². The molecule has 3 rings (SSSR count). The van der Waals surface area contributed by atoms with E-state index in [0.717, 1.165) is 16.9 Å². The van der Waals surface area contributed by atoms with Gasteiger partial charge in [0.2, 0.25) is 0 Å². The predicted octanol–water partition coefficient (Wildman–Crippen LogP) is 4.27. The van der Waals surface area contributed by atoms with Crippen molar-refractivity contribution in [1.29, 1.82) is 0 Å². The van der Waals surface area contributed by atoms with Crippen molar-refractivity contribution in [3.05, 3.63) is 102 Å². The molecule has 0 spiro atoms. The highest BCUT2D eigenvalue weighted by Gasteiger charge is 2.14. The first-order valence-corrected chi connectivity index (χ1v) is 9.06. The van der Waals surface area contributed by atoms with Crippen LogP contribution in [0.3, 0.4) is 0 Å². The number of aliphatic hydroxyl groups is 1. The molecule has 140 valence electrons. The van der Waals surface area contributed by atoms with Crippen LogP contribution in [0.2, 0.25) is 0 Å². The zero-order valence-corrected chi connectivity index (χ0v) is 15.2. The fourth-order valence-corrected chi connectivity index (χ4v) is 2.98. The molecule has 3 aromatic carbocycles.